The van der Waals surface area contributed by atoms with Crippen molar-refractivity contribution >= 4 is 39.5 Å². The third-order valence-electron chi connectivity index (χ3n) is 6.70. The number of aromatic nitrogens is 1. The zero-order valence-electron chi connectivity index (χ0n) is 13.8. The van der Waals surface area contributed by atoms with Crippen molar-refractivity contribution < 1.29 is 9.90 Å². The summed E-state index contributed by atoms with van der Waals surface area (Å²) in [6.07, 6.45) is 8.87. The largest absolute Gasteiger partial charge is 0.545 e. The Morgan fingerprint density at radius 2 is 1.72 bits per heavy atom. The molecule has 6 rings (SSSR count). The van der Waals surface area contributed by atoms with Crippen LogP contribution in [-0.4, -0.2) is 10.5 Å². The first kappa shape index (κ1) is 15.9. The van der Waals surface area contributed by atoms with Crippen molar-refractivity contribution in [1.82, 2.24) is 4.57 Å². The van der Waals surface area contributed by atoms with E-state index in [2.05, 4.69) is 27.2 Å². The molecule has 25 heavy (non-hydrogen) atoms. The minimum absolute atomic E-state index is 0.0324. The Morgan fingerprint density at radius 3 is 2.28 bits per heavy atom. The van der Waals surface area contributed by atoms with Crippen LogP contribution in [0.15, 0.2) is 29.2 Å². The summed E-state index contributed by atoms with van der Waals surface area (Å²) in [7, 11) is 0. The molecular formula is C20H19INO3-. The molecule has 1 aromatic carbocycles. The summed E-state index contributed by atoms with van der Waals surface area (Å²) in [5.74, 6) is 0.865. The first-order chi connectivity index (χ1) is 11.9. The van der Waals surface area contributed by atoms with Crippen molar-refractivity contribution in [1.29, 1.82) is 0 Å². The van der Waals surface area contributed by atoms with Gasteiger partial charge in [-0.1, -0.05) is 0 Å². The monoisotopic (exact) mass is 448 g/mol. The lowest BCUT2D eigenvalue weighted by atomic mass is 9.53. The number of rotatable bonds is 2. The molecule has 2 aromatic rings. The van der Waals surface area contributed by atoms with Gasteiger partial charge in [-0.3, -0.25) is 4.79 Å². The number of hydrogen-bond acceptors (Lipinski definition) is 3. The van der Waals surface area contributed by atoms with E-state index in [0.717, 1.165) is 46.1 Å². The second kappa shape index (κ2) is 5.32. The van der Waals surface area contributed by atoms with Crippen LogP contribution in [0.3, 0.4) is 0 Å². The van der Waals surface area contributed by atoms with Gasteiger partial charge in [-0.2, -0.15) is 0 Å². The third kappa shape index (κ3) is 2.31. The van der Waals surface area contributed by atoms with Gasteiger partial charge in [0.15, 0.2) is 5.43 Å². The molecule has 0 spiro atoms. The van der Waals surface area contributed by atoms with Crippen molar-refractivity contribution in [2.75, 3.05) is 0 Å². The third-order valence-corrected chi connectivity index (χ3v) is 7.37. The lowest BCUT2D eigenvalue weighted by Gasteiger charge is -2.58. The van der Waals surface area contributed by atoms with Crippen LogP contribution in [0.4, 0.5) is 0 Å². The smallest absolute Gasteiger partial charge is 0.198 e. The second-order valence-electron chi connectivity index (χ2n) is 8.33. The number of carbonyl (C=O) groups excluding carboxylic acids is 1. The number of carboxylic acids is 1. The summed E-state index contributed by atoms with van der Waals surface area (Å²) in [4.78, 5) is 24.2. The van der Waals surface area contributed by atoms with Gasteiger partial charge < -0.3 is 14.5 Å². The van der Waals surface area contributed by atoms with E-state index in [-0.39, 0.29) is 11.1 Å². The molecule has 4 nitrogen and oxygen atoms in total. The molecule has 0 aliphatic heterocycles. The zero-order valence-corrected chi connectivity index (χ0v) is 16.0. The molecule has 1 aromatic heterocycles. The molecular weight excluding hydrogens is 429 g/mol. The maximum absolute atomic E-state index is 12.6. The van der Waals surface area contributed by atoms with Gasteiger partial charge in [0.2, 0.25) is 0 Å². The summed E-state index contributed by atoms with van der Waals surface area (Å²) >= 11 is 2.25. The van der Waals surface area contributed by atoms with Crippen molar-refractivity contribution in [3.8, 4) is 0 Å². The maximum Gasteiger partial charge on any atom is 0.198 e. The fourth-order valence-electron chi connectivity index (χ4n) is 6.20. The lowest BCUT2D eigenvalue weighted by Crippen LogP contribution is -2.52. The van der Waals surface area contributed by atoms with Crippen LogP contribution in [0.2, 0.25) is 0 Å². The van der Waals surface area contributed by atoms with E-state index in [9.17, 15) is 14.7 Å². The quantitative estimate of drug-likeness (QED) is 0.664. The highest BCUT2D eigenvalue weighted by Gasteiger charge is 2.52. The summed E-state index contributed by atoms with van der Waals surface area (Å²) in [6, 6.07) is 5.66. The predicted molar refractivity (Wildman–Crippen MR) is 101 cm³/mol. The highest BCUT2D eigenvalue weighted by Crippen LogP contribution is 2.59. The molecule has 0 unspecified atom stereocenters. The van der Waals surface area contributed by atoms with E-state index in [1.807, 2.05) is 12.1 Å². The van der Waals surface area contributed by atoms with Crippen molar-refractivity contribution in [2.45, 2.75) is 44.1 Å². The van der Waals surface area contributed by atoms with Crippen LogP contribution in [-0.2, 0) is 5.54 Å². The Hall–Kier alpha value is -1.37. The Kier molecular flexibility index (Phi) is 3.37. The standard InChI is InChI=1S/C20H20INO3/c21-14-1-2-15-17(6-14)22(10-16(18(15)23)19(24)25)20-7-11-3-12(8-20)5-13(4-11)9-20/h1-2,6,10-13H,3-5,7-9H2,(H,24,25)/p-1. The van der Waals surface area contributed by atoms with Gasteiger partial charge in [0.25, 0.3) is 0 Å². The second-order valence-corrected chi connectivity index (χ2v) is 9.58. The highest BCUT2D eigenvalue weighted by molar-refractivity contribution is 14.1. The van der Waals surface area contributed by atoms with Gasteiger partial charge in [-0.15, -0.1) is 0 Å². The van der Waals surface area contributed by atoms with Crippen molar-refractivity contribution in [2.24, 2.45) is 17.8 Å². The molecule has 0 radical (unpaired) electrons. The summed E-state index contributed by atoms with van der Waals surface area (Å²) in [5.41, 5.74) is 0.218. The minimum atomic E-state index is -1.37. The molecule has 0 N–H and O–H groups in total. The maximum atomic E-state index is 12.6. The number of carbonyl (C=O) groups is 1. The highest BCUT2D eigenvalue weighted by atomic mass is 127. The molecule has 0 amide bonds. The Labute approximate surface area is 159 Å². The normalized spacial score (nSPS) is 33.1. The van der Waals surface area contributed by atoms with Crippen LogP contribution in [0.1, 0.15) is 48.9 Å². The number of fused-ring (bicyclic) bond motifs is 1. The molecule has 0 atom stereocenters. The summed E-state index contributed by atoms with van der Waals surface area (Å²) in [5, 5.41) is 12.1. The molecule has 1 heterocycles. The van der Waals surface area contributed by atoms with Gasteiger partial charge in [-0.05, 0) is 97.1 Å². The van der Waals surface area contributed by atoms with Gasteiger partial charge in [0, 0.05) is 20.7 Å². The average molecular weight is 448 g/mol. The Balaban J connectivity index is 1.81. The van der Waals surface area contributed by atoms with E-state index in [0.29, 0.717) is 5.39 Å². The molecule has 4 aliphatic carbocycles. The van der Waals surface area contributed by atoms with Gasteiger partial charge in [-0.25, -0.2) is 0 Å². The van der Waals surface area contributed by atoms with E-state index in [1.165, 1.54) is 19.3 Å². The fraction of sp³-hybridized carbons (Fsp3) is 0.500. The Bertz CT molecular complexity index is 926. The van der Waals surface area contributed by atoms with Crippen LogP contribution >= 0.6 is 22.6 Å². The number of pyridine rings is 1. The van der Waals surface area contributed by atoms with E-state index in [4.69, 9.17) is 0 Å². The minimum Gasteiger partial charge on any atom is -0.545 e. The molecule has 4 saturated carbocycles. The fourth-order valence-corrected chi connectivity index (χ4v) is 6.67. The van der Waals surface area contributed by atoms with E-state index < -0.39 is 11.4 Å². The molecule has 4 aliphatic rings. The molecule has 130 valence electrons. The van der Waals surface area contributed by atoms with Crippen LogP contribution in [0.25, 0.3) is 10.9 Å². The number of nitrogens with zero attached hydrogens (tertiary/aromatic N) is 1. The first-order valence-electron chi connectivity index (χ1n) is 9.02. The van der Waals surface area contributed by atoms with Crippen LogP contribution < -0.4 is 10.5 Å². The molecule has 0 saturated heterocycles. The van der Waals surface area contributed by atoms with Gasteiger partial charge in [0.05, 0.1) is 17.0 Å². The van der Waals surface area contributed by atoms with Crippen molar-refractivity contribution in [3.05, 3.63) is 43.8 Å². The van der Waals surface area contributed by atoms with E-state index in [1.54, 1.807) is 12.3 Å². The van der Waals surface area contributed by atoms with Crippen LogP contribution in [0.5, 0.6) is 0 Å². The molecule has 5 heteroatoms. The number of hydrogen-bond donors (Lipinski definition) is 0. The lowest BCUT2D eigenvalue weighted by molar-refractivity contribution is -0.255. The number of benzene rings is 1. The summed E-state index contributed by atoms with van der Waals surface area (Å²) < 4.78 is 3.21. The number of aromatic carboxylic acids is 1. The summed E-state index contributed by atoms with van der Waals surface area (Å²) in [6.45, 7) is 0. The molecule has 4 bridgehead atoms. The number of halogens is 1. The Morgan fingerprint density at radius 1 is 1.12 bits per heavy atom. The van der Waals surface area contributed by atoms with E-state index >= 15 is 0 Å². The SMILES string of the molecule is O=C([O-])c1cn(C23CC4CC(CC(C4)C2)C3)c2cc(I)ccc2c1=O. The zero-order chi connectivity index (χ0) is 17.3. The topological polar surface area (TPSA) is 62.1 Å². The average Bonchev–Trinajstić information content (AvgIpc) is 2.53. The van der Waals surface area contributed by atoms with Crippen molar-refractivity contribution in [3.63, 3.8) is 0 Å². The first-order valence-corrected chi connectivity index (χ1v) is 10.1. The van der Waals surface area contributed by atoms with Gasteiger partial charge >= 0.3 is 0 Å². The molecule has 4 fully saturated rings. The van der Waals surface area contributed by atoms with Crippen LogP contribution in [0, 0.1) is 21.3 Å². The van der Waals surface area contributed by atoms with Gasteiger partial charge in [0.1, 0.15) is 0 Å². The predicted octanol–water partition coefficient (Wildman–Crippen LogP) is 2.89. The number of carboxylic acid groups (broad SMARTS) is 1.